The molecule has 100 valence electrons. The second kappa shape index (κ2) is 4.06. The number of fused-ring (bicyclic) bond motifs is 1. The van der Waals surface area contributed by atoms with E-state index in [1.807, 2.05) is 20.8 Å². The Bertz CT molecular complexity index is 606. The number of hydrogen-bond acceptors (Lipinski definition) is 5. The summed E-state index contributed by atoms with van der Waals surface area (Å²) in [5.41, 5.74) is 6.82. The standard InChI is InChI=1S/C12H17NO3S2/c1-12(2,3)10(14)9-7-4-5-18(15,16)6-8(7)17-11(9)13/h4-6,13H2,1-3H3. The van der Waals surface area contributed by atoms with Crippen LogP contribution in [0.1, 0.15) is 41.6 Å². The molecule has 1 aliphatic heterocycles. The van der Waals surface area contributed by atoms with Crippen LogP contribution < -0.4 is 5.73 Å². The van der Waals surface area contributed by atoms with Crippen LogP contribution in [0.3, 0.4) is 0 Å². The number of carbonyl (C=O) groups excluding carboxylic acids is 1. The van der Waals surface area contributed by atoms with Crippen molar-refractivity contribution in [1.29, 1.82) is 0 Å². The van der Waals surface area contributed by atoms with Crippen LogP contribution in [0.25, 0.3) is 0 Å². The first kappa shape index (κ1) is 13.5. The second-order valence-corrected chi connectivity index (χ2v) is 8.99. The highest BCUT2D eigenvalue weighted by molar-refractivity contribution is 7.90. The summed E-state index contributed by atoms with van der Waals surface area (Å²) >= 11 is 1.24. The van der Waals surface area contributed by atoms with Crippen LogP contribution in [0, 0.1) is 5.41 Å². The first-order valence-corrected chi connectivity index (χ1v) is 8.41. The predicted molar refractivity (Wildman–Crippen MR) is 73.7 cm³/mol. The van der Waals surface area contributed by atoms with Gasteiger partial charge in [-0.05, 0) is 12.0 Å². The molecule has 0 fully saturated rings. The van der Waals surface area contributed by atoms with Crippen LogP contribution in [0.2, 0.25) is 0 Å². The minimum absolute atomic E-state index is 0.00296. The van der Waals surface area contributed by atoms with E-state index in [4.69, 9.17) is 5.73 Å². The maximum Gasteiger partial charge on any atom is 0.171 e. The van der Waals surface area contributed by atoms with Gasteiger partial charge in [0.05, 0.1) is 22.1 Å². The maximum atomic E-state index is 12.4. The summed E-state index contributed by atoms with van der Waals surface area (Å²) < 4.78 is 23.2. The van der Waals surface area contributed by atoms with Gasteiger partial charge in [0.2, 0.25) is 0 Å². The summed E-state index contributed by atoms with van der Waals surface area (Å²) in [6.07, 6.45) is 0.405. The number of carbonyl (C=O) groups is 1. The van der Waals surface area contributed by atoms with E-state index in [-0.39, 0.29) is 17.3 Å². The highest BCUT2D eigenvalue weighted by atomic mass is 32.2. The lowest BCUT2D eigenvalue weighted by Gasteiger charge is -2.19. The third kappa shape index (κ3) is 2.31. The van der Waals surface area contributed by atoms with E-state index in [9.17, 15) is 13.2 Å². The lowest BCUT2D eigenvalue weighted by molar-refractivity contribution is 0.0858. The Labute approximate surface area is 111 Å². The first-order valence-electron chi connectivity index (χ1n) is 5.77. The molecular formula is C12H17NO3S2. The third-order valence-corrected chi connectivity index (χ3v) is 5.84. The normalized spacial score (nSPS) is 18.4. The number of Topliss-reactive ketones (excluding diaryl/α,β-unsaturated/α-hetero) is 1. The molecular weight excluding hydrogens is 270 g/mol. The molecule has 1 aromatic rings. The Morgan fingerprint density at radius 1 is 1.33 bits per heavy atom. The number of nitrogens with two attached hydrogens (primary N) is 1. The van der Waals surface area contributed by atoms with Crippen molar-refractivity contribution < 1.29 is 13.2 Å². The van der Waals surface area contributed by atoms with Gasteiger partial charge in [0, 0.05) is 10.3 Å². The number of ketones is 1. The Morgan fingerprint density at radius 3 is 2.50 bits per heavy atom. The van der Waals surface area contributed by atoms with Crippen LogP contribution in [0.4, 0.5) is 5.00 Å². The number of thiophene rings is 1. The van der Waals surface area contributed by atoms with Gasteiger partial charge in [0.1, 0.15) is 0 Å². The van der Waals surface area contributed by atoms with Crippen molar-refractivity contribution in [2.24, 2.45) is 5.41 Å². The zero-order chi connectivity index (χ0) is 13.7. The lowest BCUT2D eigenvalue weighted by atomic mass is 9.85. The van der Waals surface area contributed by atoms with Crippen LogP contribution >= 0.6 is 11.3 Å². The Balaban J connectivity index is 2.53. The summed E-state index contributed by atoms with van der Waals surface area (Å²) in [5.74, 6) is 0.131. The molecule has 1 aliphatic rings. The molecule has 0 atom stereocenters. The van der Waals surface area contributed by atoms with E-state index >= 15 is 0 Å². The Hall–Kier alpha value is -0.880. The minimum atomic E-state index is -3.02. The molecule has 0 unspecified atom stereocenters. The summed E-state index contributed by atoms with van der Waals surface area (Å²) in [7, 11) is -3.02. The Kier molecular flexibility index (Phi) is 3.06. The van der Waals surface area contributed by atoms with Crippen molar-refractivity contribution >= 4 is 32.0 Å². The van der Waals surface area contributed by atoms with Crippen LogP contribution in [-0.4, -0.2) is 20.0 Å². The van der Waals surface area contributed by atoms with Crippen molar-refractivity contribution in [2.75, 3.05) is 11.5 Å². The van der Waals surface area contributed by atoms with Gasteiger partial charge < -0.3 is 5.73 Å². The van der Waals surface area contributed by atoms with E-state index in [2.05, 4.69) is 0 Å². The fraction of sp³-hybridized carbons (Fsp3) is 0.583. The van der Waals surface area contributed by atoms with Gasteiger partial charge in [-0.15, -0.1) is 11.3 Å². The summed E-state index contributed by atoms with van der Waals surface area (Å²) in [6, 6.07) is 0. The SMILES string of the molecule is CC(C)(C)C(=O)c1c(N)sc2c1CCS(=O)(=O)C2. The van der Waals surface area contributed by atoms with E-state index in [0.717, 1.165) is 10.4 Å². The van der Waals surface area contributed by atoms with E-state index in [1.165, 1.54) is 11.3 Å². The molecule has 0 radical (unpaired) electrons. The molecule has 0 aliphatic carbocycles. The van der Waals surface area contributed by atoms with Crippen molar-refractivity contribution in [2.45, 2.75) is 32.9 Å². The Morgan fingerprint density at radius 2 is 1.94 bits per heavy atom. The zero-order valence-electron chi connectivity index (χ0n) is 10.7. The molecule has 2 rings (SSSR count). The number of nitrogen functional groups attached to an aromatic ring is 1. The van der Waals surface area contributed by atoms with Crippen molar-refractivity contribution in [3.63, 3.8) is 0 Å². The van der Waals surface area contributed by atoms with E-state index in [0.29, 0.717) is 17.0 Å². The molecule has 0 saturated carbocycles. The fourth-order valence-corrected chi connectivity index (χ4v) is 4.99. The average Bonchev–Trinajstić information content (AvgIpc) is 2.48. The van der Waals surface area contributed by atoms with Gasteiger partial charge in [-0.2, -0.15) is 0 Å². The second-order valence-electron chi connectivity index (χ2n) is 5.66. The summed E-state index contributed by atoms with van der Waals surface area (Å²) in [4.78, 5) is 13.1. The van der Waals surface area contributed by atoms with Crippen LogP contribution in [-0.2, 0) is 22.0 Å². The largest absolute Gasteiger partial charge is 0.390 e. The molecule has 0 bridgehead atoms. The van der Waals surface area contributed by atoms with Crippen LogP contribution in [0.15, 0.2) is 0 Å². The topological polar surface area (TPSA) is 77.2 Å². The van der Waals surface area contributed by atoms with Gasteiger partial charge in [0.25, 0.3) is 0 Å². The molecule has 6 heteroatoms. The molecule has 0 saturated heterocycles. The molecule has 1 aromatic heterocycles. The predicted octanol–water partition coefficient (Wildman–Crippen LogP) is 2.03. The minimum Gasteiger partial charge on any atom is -0.390 e. The molecule has 2 heterocycles. The van der Waals surface area contributed by atoms with Crippen LogP contribution in [0.5, 0.6) is 0 Å². The quantitative estimate of drug-likeness (QED) is 0.802. The third-order valence-electron chi connectivity index (χ3n) is 3.04. The smallest absolute Gasteiger partial charge is 0.171 e. The van der Waals surface area contributed by atoms with Gasteiger partial charge in [-0.3, -0.25) is 4.79 Å². The summed E-state index contributed by atoms with van der Waals surface area (Å²) in [6.45, 7) is 5.54. The molecule has 4 nitrogen and oxygen atoms in total. The van der Waals surface area contributed by atoms with E-state index in [1.54, 1.807) is 0 Å². The van der Waals surface area contributed by atoms with Gasteiger partial charge in [-0.1, -0.05) is 20.8 Å². The van der Waals surface area contributed by atoms with Crippen molar-refractivity contribution in [3.05, 3.63) is 16.0 Å². The highest BCUT2D eigenvalue weighted by Gasteiger charge is 2.33. The number of hydrogen-bond donors (Lipinski definition) is 1. The molecule has 18 heavy (non-hydrogen) atoms. The zero-order valence-corrected chi connectivity index (χ0v) is 12.4. The maximum absolute atomic E-state index is 12.4. The monoisotopic (exact) mass is 287 g/mol. The summed E-state index contributed by atoms with van der Waals surface area (Å²) in [5, 5.41) is 0.456. The number of rotatable bonds is 1. The molecule has 2 N–H and O–H groups in total. The molecule has 0 amide bonds. The van der Waals surface area contributed by atoms with Gasteiger partial charge in [0.15, 0.2) is 15.6 Å². The molecule has 0 aromatic carbocycles. The van der Waals surface area contributed by atoms with Crippen molar-refractivity contribution in [1.82, 2.24) is 0 Å². The average molecular weight is 287 g/mol. The van der Waals surface area contributed by atoms with Gasteiger partial charge >= 0.3 is 0 Å². The van der Waals surface area contributed by atoms with E-state index < -0.39 is 15.3 Å². The number of sulfone groups is 1. The lowest BCUT2D eigenvalue weighted by Crippen LogP contribution is -2.24. The van der Waals surface area contributed by atoms with Gasteiger partial charge in [-0.25, -0.2) is 8.42 Å². The molecule has 0 spiro atoms. The number of anilines is 1. The first-order chi connectivity index (χ1) is 8.12. The van der Waals surface area contributed by atoms with Crippen molar-refractivity contribution in [3.8, 4) is 0 Å². The fourth-order valence-electron chi connectivity index (χ4n) is 2.07. The highest BCUT2D eigenvalue weighted by Crippen LogP contribution is 2.39.